The van der Waals surface area contributed by atoms with Crippen LogP contribution in [0.3, 0.4) is 0 Å². The molecule has 0 aliphatic carbocycles. The summed E-state index contributed by atoms with van der Waals surface area (Å²) >= 11 is 12.2. The van der Waals surface area contributed by atoms with Crippen LogP contribution in [0.4, 0.5) is 0 Å². The second-order valence-corrected chi connectivity index (χ2v) is 6.60. The number of methoxy groups -OCH3 is 1. The molecule has 0 aromatic heterocycles. The highest BCUT2D eigenvalue weighted by Crippen LogP contribution is 2.36. The minimum atomic E-state index is -0.581. The van der Waals surface area contributed by atoms with E-state index in [4.69, 9.17) is 38.4 Å². The maximum atomic E-state index is 10.9. The molecule has 2 aromatic rings. The molecule has 0 spiro atoms. The van der Waals surface area contributed by atoms with Crippen molar-refractivity contribution in [2.45, 2.75) is 25.9 Å². The van der Waals surface area contributed by atoms with Crippen molar-refractivity contribution in [3.05, 3.63) is 57.6 Å². The Morgan fingerprint density at radius 2 is 1.92 bits per heavy atom. The summed E-state index contributed by atoms with van der Waals surface area (Å²) in [6.45, 7) is 2.44. The average Bonchev–Trinajstić information content (AvgIpc) is 2.62. The Morgan fingerprint density at radius 1 is 1.23 bits per heavy atom. The van der Waals surface area contributed by atoms with Crippen LogP contribution in [0.2, 0.25) is 10.0 Å². The zero-order valence-electron chi connectivity index (χ0n) is 14.7. The Bertz CT molecular complexity index is 751. The summed E-state index contributed by atoms with van der Waals surface area (Å²) in [6, 6.07) is 11.6. The van der Waals surface area contributed by atoms with Crippen LogP contribution in [0.25, 0.3) is 0 Å². The molecule has 3 N–H and O–H groups in total. The highest BCUT2D eigenvalue weighted by Gasteiger charge is 2.14. The highest BCUT2D eigenvalue weighted by atomic mass is 35.5. The minimum Gasteiger partial charge on any atom is -0.493 e. The predicted octanol–water partition coefficient (Wildman–Crippen LogP) is 4.11. The van der Waals surface area contributed by atoms with Crippen LogP contribution in [-0.2, 0) is 11.3 Å². The summed E-state index contributed by atoms with van der Waals surface area (Å²) in [7, 11) is 1.52. The molecule has 1 atom stereocenters. The van der Waals surface area contributed by atoms with Crippen molar-refractivity contribution in [2.24, 2.45) is 5.73 Å². The molecule has 0 radical (unpaired) electrons. The van der Waals surface area contributed by atoms with E-state index < -0.39 is 5.91 Å². The van der Waals surface area contributed by atoms with E-state index in [-0.39, 0.29) is 12.6 Å². The first kappa shape index (κ1) is 20.4. The minimum absolute atomic E-state index is 0.183. The fourth-order valence-electron chi connectivity index (χ4n) is 2.59. The van der Waals surface area contributed by atoms with Crippen molar-refractivity contribution in [3.63, 3.8) is 0 Å². The fraction of sp³-hybridized carbons (Fsp3) is 0.316. The van der Waals surface area contributed by atoms with Gasteiger partial charge in [0.25, 0.3) is 5.91 Å². The van der Waals surface area contributed by atoms with Crippen LogP contribution in [0.1, 0.15) is 30.5 Å². The molecule has 140 valence electrons. The molecule has 0 aliphatic heterocycles. The van der Waals surface area contributed by atoms with E-state index in [9.17, 15) is 4.79 Å². The summed E-state index contributed by atoms with van der Waals surface area (Å²) in [6.07, 6.45) is 0.923. The number of halogens is 2. The van der Waals surface area contributed by atoms with E-state index in [0.717, 1.165) is 17.5 Å². The van der Waals surface area contributed by atoms with Gasteiger partial charge < -0.3 is 20.5 Å². The summed E-state index contributed by atoms with van der Waals surface area (Å²) < 4.78 is 10.7. The summed E-state index contributed by atoms with van der Waals surface area (Å²) in [4.78, 5) is 10.9. The highest BCUT2D eigenvalue weighted by molar-refractivity contribution is 6.32. The number of carbonyl (C=O) groups is 1. The Balaban J connectivity index is 2.12. The normalized spacial score (nSPS) is 11.8. The number of hydrogen-bond acceptors (Lipinski definition) is 4. The van der Waals surface area contributed by atoms with Crippen molar-refractivity contribution < 1.29 is 14.3 Å². The predicted molar refractivity (Wildman–Crippen MR) is 104 cm³/mol. The molecule has 2 aromatic carbocycles. The summed E-state index contributed by atoms with van der Waals surface area (Å²) in [5, 5.41) is 4.57. The van der Waals surface area contributed by atoms with Gasteiger partial charge in [0.15, 0.2) is 18.1 Å². The lowest BCUT2D eigenvalue weighted by atomic mass is 10.0. The van der Waals surface area contributed by atoms with Gasteiger partial charge in [-0.3, -0.25) is 4.79 Å². The molecule has 0 saturated heterocycles. The number of nitrogens with one attached hydrogen (secondary N) is 1. The first-order chi connectivity index (χ1) is 12.4. The zero-order valence-corrected chi connectivity index (χ0v) is 16.2. The Labute approximate surface area is 163 Å². The van der Waals surface area contributed by atoms with Crippen molar-refractivity contribution in [1.29, 1.82) is 0 Å². The number of rotatable bonds is 9. The zero-order chi connectivity index (χ0) is 19.1. The molecule has 0 fully saturated rings. The smallest absolute Gasteiger partial charge is 0.255 e. The van der Waals surface area contributed by atoms with Gasteiger partial charge >= 0.3 is 0 Å². The Kier molecular flexibility index (Phi) is 7.57. The van der Waals surface area contributed by atoms with Crippen LogP contribution in [0.15, 0.2) is 36.4 Å². The van der Waals surface area contributed by atoms with Crippen molar-refractivity contribution >= 4 is 29.1 Å². The van der Waals surface area contributed by atoms with Crippen LogP contribution < -0.4 is 20.5 Å². The maximum Gasteiger partial charge on any atom is 0.255 e. The van der Waals surface area contributed by atoms with Gasteiger partial charge in [0.05, 0.1) is 12.1 Å². The van der Waals surface area contributed by atoms with Gasteiger partial charge in [-0.1, -0.05) is 42.3 Å². The monoisotopic (exact) mass is 396 g/mol. The lowest BCUT2D eigenvalue weighted by Crippen LogP contribution is -2.21. The maximum absolute atomic E-state index is 10.9. The SMILES string of the molecule is CCC(NCc1cc(Cl)c(OCC(N)=O)c(OC)c1)c1ccc(Cl)cc1. The number of nitrogens with two attached hydrogens (primary N) is 1. The largest absolute Gasteiger partial charge is 0.493 e. The molecule has 5 nitrogen and oxygen atoms in total. The fourth-order valence-corrected chi connectivity index (χ4v) is 3.01. The Morgan fingerprint density at radius 3 is 2.50 bits per heavy atom. The molecule has 1 amide bonds. The van der Waals surface area contributed by atoms with E-state index in [0.29, 0.717) is 28.1 Å². The number of carbonyl (C=O) groups excluding carboxylic acids is 1. The third-order valence-electron chi connectivity index (χ3n) is 3.88. The number of ether oxygens (including phenoxy) is 2. The van der Waals surface area contributed by atoms with Gasteiger partial charge in [0.1, 0.15) is 0 Å². The van der Waals surface area contributed by atoms with Gasteiger partial charge in [-0.25, -0.2) is 0 Å². The molecule has 0 bridgehead atoms. The number of amides is 1. The van der Waals surface area contributed by atoms with E-state index >= 15 is 0 Å². The number of benzene rings is 2. The van der Waals surface area contributed by atoms with Crippen molar-refractivity contribution in [1.82, 2.24) is 5.32 Å². The van der Waals surface area contributed by atoms with Gasteiger partial charge in [-0.2, -0.15) is 0 Å². The average molecular weight is 397 g/mol. The second-order valence-electron chi connectivity index (χ2n) is 5.76. The summed E-state index contributed by atoms with van der Waals surface area (Å²) in [5.74, 6) is 0.180. The van der Waals surface area contributed by atoms with Crippen molar-refractivity contribution in [2.75, 3.05) is 13.7 Å². The molecule has 0 aliphatic rings. The lowest BCUT2D eigenvalue weighted by Gasteiger charge is -2.19. The van der Waals surface area contributed by atoms with Gasteiger partial charge in [0, 0.05) is 17.6 Å². The molecule has 26 heavy (non-hydrogen) atoms. The van der Waals surface area contributed by atoms with Crippen LogP contribution in [-0.4, -0.2) is 19.6 Å². The molecule has 0 saturated carbocycles. The second kappa shape index (κ2) is 9.67. The molecule has 7 heteroatoms. The molecule has 2 rings (SSSR count). The van der Waals surface area contributed by atoms with Crippen molar-refractivity contribution in [3.8, 4) is 11.5 Å². The number of hydrogen-bond donors (Lipinski definition) is 2. The number of primary amides is 1. The molecular weight excluding hydrogens is 375 g/mol. The standard InChI is InChI=1S/C19H22Cl2N2O3/c1-3-16(13-4-6-14(20)7-5-13)23-10-12-8-15(21)19(17(9-12)25-2)26-11-18(22)24/h4-9,16,23H,3,10-11H2,1-2H3,(H2,22,24). The lowest BCUT2D eigenvalue weighted by molar-refractivity contribution is -0.119. The van der Waals surface area contributed by atoms with Crippen LogP contribution >= 0.6 is 23.2 Å². The molecular formula is C19H22Cl2N2O3. The van der Waals surface area contributed by atoms with Crippen LogP contribution in [0.5, 0.6) is 11.5 Å². The van der Waals surface area contributed by atoms with Gasteiger partial charge in [-0.15, -0.1) is 0 Å². The topological polar surface area (TPSA) is 73.6 Å². The van der Waals surface area contributed by atoms with Gasteiger partial charge in [-0.05, 0) is 41.8 Å². The van der Waals surface area contributed by atoms with E-state index in [1.807, 2.05) is 30.3 Å². The molecule has 1 unspecified atom stereocenters. The third kappa shape index (κ3) is 5.53. The Hall–Kier alpha value is -1.95. The van der Waals surface area contributed by atoms with E-state index in [2.05, 4.69) is 12.2 Å². The van der Waals surface area contributed by atoms with Crippen LogP contribution in [0, 0.1) is 0 Å². The van der Waals surface area contributed by atoms with E-state index in [1.54, 1.807) is 6.07 Å². The first-order valence-corrected chi connectivity index (χ1v) is 8.96. The molecule has 0 heterocycles. The summed E-state index contributed by atoms with van der Waals surface area (Å²) in [5.41, 5.74) is 7.21. The van der Waals surface area contributed by atoms with Gasteiger partial charge in [0.2, 0.25) is 0 Å². The third-order valence-corrected chi connectivity index (χ3v) is 4.41. The first-order valence-electron chi connectivity index (χ1n) is 8.21. The van der Waals surface area contributed by atoms with E-state index in [1.165, 1.54) is 7.11 Å². The quantitative estimate of drug-likeness (QED) is 0.668.